The summed E-state index contributed by atoms with van der Waals surface area (Å²) in [7, 11) is 0. The van der Waals surface area contributed by atoms with E-state index in [-0.39, 0.29) is 0 Å². The van der Waals surface area contributed by atoms with E-state index >= 15 is 0 Å². The second-order valence-electron chi connectivity index (χ2n) is 6.36. The predicted octanol–water partition coefficient (Wildman–Crippen LogP) is 4.61. The van der Waals surface area contributed by atoms with Crippen molar-refractivity contribution in [2.24, 2.45) is 0 Å². The highest BCUT2D eigenvalue weighted by atomic mass is 14.4. The maximum atomic E-state index is 2.39. The number of benzene rings is 1. The predicted molar refractivity (Wildman–Crippen MR) is 70.8 cm³/mol. The van der Waals surface area contributed by atoms with Crippen LogP contribution in [0.2, 0.25) is 0 Å². The highest BCUT2D eigenvalue weighted by Crippen LogP contribution is 2.45. The van der Waals surface area contributed by atoms with Crippen LogP contribution in [0.3, 0.4) is 0 Å². The molecule has 0 spiro atoms. The van der Waals surface area contributed by atoms with Crippen LogP contribution in [0.15, 0.2) is 18.2 Å². The van der Waals surface area contributed by atoms with Crippen LogP contribution >= 0.6 is 0 Å². The first-order chi connectivity index (χ1) is 7.37. The summed E-state index contributed by atoms with van der Waals surface area (Å²) < 4.78 is 0. The Balaban J connectivity index is 2.60. The van der Waals surface area contributed by atoms with E-state index in [1.807, 2.05) is 0 Å². The van der Waals surface area contributed by atoms with Gasteiger partial charge in [0, 0.05) is 0 Å². The second-order valence-corrected chi connectivity index (χ2v) is 6.36. The molecule has 87 valence electrons. The topological polar surface area (TPSA) is 0 Å². The minimum absolute atomic E-state index is 0.337. The molecule has 1 radical (unpaired) electrons. The molecule has 0 aromatic heterocycles. The lowest BCUT2D eigenvalue weighted by molar-refractivity contribution is 0.331. The standard InChI is InChI=1S/C16H23/c1-6-12-7-8-13-14(11-12)16(4,5)10-9-15(13,2)3/h6-8,11H,9-10H2,1-5H3. The van der Waals surface area contributed by atoms with Gasteiger partial charge in [0.2, 0.25) is 0 Å². The molecule has 1 aliphatic carbocycles. The summed E-state index contributed by atoms with van der Waals surface area (Å²) >= 11 is 0. The Labute approximate surface area is 100 Å². The van der Waals surface area contributed by atoms with Gasteiger partial charge in [0.05, 0.1) is 0 Å². The maximum absolute atomic E-state index is 2.39. The number of fused-ring (bicyclic) bond motifs is 1. The van der Waals surface area contributed by atoms with Gasteiger partial charge in [-0.15, -0.1) is 0 Å². The molecule has 0 aliphatic heterocycles. The van der Waals surface area contributed by atoms with E-state index in [2.05, 4.69) is 59.2 Å². The van der Waals surface area contributed by atoms with Crippen LogP contribution in [-0.4, -0.2) is 0 Å². The molecular weight excluding hydrogens is 192 g/mol. The Morgan fingerprint density at radius 2 is 1.50 bits per heavy atom. The van der Waals surface area contributed by atoms with Gasteiger partial charge in [0.15, 0.2) is 0 Å². The largest absolute Gasteiger partial charge is 0.0584 e. The van der Waals surface area contributed by atoms with E-state index in [1.165, 1.54) is 18.4 Å². The Morgan fingerprint density at radius 1 is 0.938 bits per heavy atom. The van der Waals surface area contributed by atoms with Gasteiger partial charge in [-0.2, -0.15) is 0 Å². The monoisotopic (exact) mass is 215 g/mol. The second kappa shape index (κ2) is 3.61. The molecule has 1 aromatic rings. The third kappa shape index (κ3) is 1.79. The molecular formula is C16H23. The van der Waals surface area contributed by atoms with Crippen LogP contribution in [0.5, 0.6) is 0 Å². The van der Waals surface area contributed by atoms with Gasteiger partial charge < -0.3 is 0 Å². The van der Waals surface area contributed by atoms with Gasteiger partial charge in [-0.1, -0.05) is 52.8 Å². The zero-order valence-electron chi connectivity index (χ0n) is 11.2. The fraction of sp³-hybridized carbons (Fsp3) is 0.562. The number of hydrogen-bond acceptors (Lipinski definition) is 0. The lowest BCUT2D eigenvalue weighted by Gasteiger charge is -2.42. The van der Waals surface area contributed by atoms with Crippen molar-refractivity contribution < 1.29 is 0 Å². The Morgan fingerprint density at radius 3 is 2.06 bits per heavy atom. The number of hydrogen-bond donors (Lipinski definition) is 0. The fourth-order valence-corrected chi connectivity index (χ4v) is 2.79. The number of rotatable bonds is 1. The third-order valence-electron chi connectivity index (χ3n) is 4.21. The van der Waals surface area contributed by atoms with Crippen molar-refractivity contribution in [3.8, 4) is 0 Å². The maximum Gasteiger partial charge on any atom is -0.0100 e. The summed E-state index contributed by atoms with van der Waals surface area (Å²) in [5.41, 5.74) is 5.14. The highest BCUT2D eigenvalue weighted by molar-refractivity contribution is 5.44. The molecule has 0 nitrogen and oxygen atoms in total. The van der Waals surface area contributed by atoms with Crippen molar-refractivity contribution in [2.75, 3.05) is 0 Å². The molecule has 0 heteroatoms. The molecule has 1 aromatic carbocycles. The molecule has 0 saturated heterocycles. The molecule has 0 atom stereocenters. The summed E-state index contributed by atoms with van der Waals surface area (Å²) in [5, 5.41) is 0. The van der Waals surface area contributed by atoms with Crippen LogP contribution in [0, 0.1) is 6.42 Å². The summed E-state index contributed by atoms with van der Waals surface area (Å²) in [5.74, 6) is 0. The van der Waals surface area contributed by atoms with Gasteiger partial charge in [0.1, 0.15) is 0 Å². The van der Waals surface area contributed by atoms with Crippen molar-refractivity contribution in [1.29, 1.82) is 0 Å². The summed E-state index contributed by atoms with van der Waals surface area (Å²) in [4.78, 5) is 0. The summed E-state index contributed by atoms with van der Waals surface area (Å²) in [6.45, 7) is 11.6. The molecule has 0 saturated carbocycles. The lowest BCUT2D eigenvalue weighted by Crippen LogP contribution is -2.33. The SMILES string of the molecule is C[CH]c1ccc2c(c1)C(C)(C)CCC2(C)C. The molecule has 16 heavy (non-hydrogen) atoms. The van der Waals surface area contributed by atoms with Gasteiger partial charge in [0.25, 0.3) is 0 Å². The molecule has 2 rings (SSSR count). The first-order valence-corrected chi connectivity index (χ1v) is 6.31. The van der Waals surface area contributed by atoms with E-state index in [9.17, 15) is 0 Å². The van der Waals surface area contributed by atoms with Crippen molar-refractivity contribution in [1.82, 2.24) is 0 Å². The third-order valence-corrected chi connectivity index (χ3v) is 4.21. The van der Waals surface area contributed by atoms with Gasteiger partial charge in [-0.25, -0.2) is 0 Å². The quantitative estimate of drug-likeness (QED) is 0.642. The zero-order valence-corrected chi connectivity index (χ0v) is 11.2. The molecule has 0 heterocycles. The van der Waals surface area contributed by atoms with E-state index in [4.69, 9.17) is 0 Å². The Hall–Kier alpha value is -0.780. The van der Waals surface area contributed by atoms with Gasteiger partial charge in [-0.3, -0.25) is 0 Å². The van der Waals surface area contributed by atoms with Crippen molar-refractivity contribution in [3.05, 3.63) is 41.3 Å². The average molecular weight is 215 g/mol. The van der Waals surface area contributed by atoms with Crippen LogP contribution < -0.4 is 0 Å². The molecule has 0 unspecified atom stereocenters. The molecule has 0 amide bonds. The average Bonchev–Trinajstić information content (AvgIpc) is 2.24. The Bertz CT molecular complexity index is 396. The highest BCUT2D eigenvalue weighted by Gasteiger charge is 2.36. The molecule has 0 N–H and O–H groups in total. The van der Waals surface area contributed by atoms with Crippen molar-refractivity contribution in [3.63, 3.8) is 0 Å². The minimum atomic E-state index is 0.337. The van der Waals surface area contributed by atoms with Crippen LogP contribution in [-0.2, 0) is 10.8 Å². The van der Waals surface area contributed by atoms with Crippen molar-refractivity contribution in [2.45, 2.75) is 58.3 Å². The van der Waals surface area contributed by atoms with Crippen molar-refractivity contribution >= 4 is 0 Å². The molecule has 0 bridgehead atoms. The zero-order chi connectivity index (χ0) is 12.0. The first-order valence-electron chi connectivity index (χ1n) is 6.31. The van der Waals surface area contributed by atoms with E-state index in [0.29, 0.717) is 10.8 Å². The summed E-state index contributed by atoms with van der Waals surface area (Å²) in [6.07, 6.45) is 4.78. The smallest absolute Gasteiger partial charge is 0.0100 e. The Kier molecular flexibility index (Phi) is 2.64. The van der Waals surface area contributed by atoms with E-state index < -0.39 is 0 Å². The normalized spacial score (nSPS) is 21.6. The van der Waals surface area contributed by atoms with Gasteiger partial charge in [-0.05, 0) is 46.8 Å². The van der Waals surface area contributed by atoms with E-state index in [0.717, 1.165) is 0 Å². The van der Waals surface area contributed by atoms with Crippen LogP contribution in [0.4, 0.5) is 0 Å². The van der Waals surface area contributed by atoms with Crippen LogP contribution in [0.1, 0.15) is 64.2 Å². The van der Waals surface area contributed by atoms with Crippen LogP contribution in [0.25, 0.3) is 0 Å². The fourth-order valence-electron chi connectivity index (χ4n) is 2.79. The minimum Gasteiger partial charge on any atom is -0.0584 e. The van der Waals surface area contributed by atoms with Gasteiger partial charge >= 0.3 is 0 Å². The van der Waals surface area contributed by atoms with E-state index in [1.54, 1.807) is 11.1 Å². The lowest BCUT2D eigenvalue weighted by atomic mass is 9.63. The molecule has 1 aliphatic rings. The summed E-state index contributed by atoms with van der Waals surface area (Å²) in [6, 6.07) is 6.98. The molecule has 0 fully saturated rings. The first kappa shape index (κ1) is 11.7.